The highest BCUT2D eigenvalue weighted by Gasteiger charge is 2.41. The minimum absolute atomic E-state index is 0.00378. The quantitative estimate of drug-likeness (QED) is 0.707. The Balaban J connectivity index is 2.67. The molecule has 0 radical (unpaired) electrons. The average Bonchev–Trinajstić information content (AvgIpc) is 2.39. The van der Waals surface area contributed by atoms with Gasteiger partial charge in [0.2, 0.25) is 5.91 Å². The molecule has 3 nitrogen and oxygen atoms in total. The fourth-order valence-electron chi connectivity index (χ4n) is 1.92. The fraction of sp³-hybridized carbons (Fsp3) is 0.900. The number of amides is 1. The molecule has 82 valence electrons. The van der Waals surface area contributed by atoms with Gasteiger partial charge in [-0.05, 0) is 12.3 Å². The van der Waals surface area contributed by atoms with E-state index in [1.807, 2.05) is 0 Å². The molecule has 0 bridgehead atoms. The smallest absolute Gasteiger partial charge is 0.240 e. The Morgan fingerprint density at radius 3 is 2.64 bits per heavy atom. The molecule has 1 aliphatic rings. The van der Waals surface area contributed by atoms with Crippen molar-refractivity contribution >= 4 is 17.5 Å². The summed E-state index contributed by atoms with van der Waals surface area (Å²) in [6.07, 6.45) is 0. The van der Waals surface area contributed by atoms with Crippen molar-refractivity contribution in [2.75, 3.05) is 19.7 Å². The van der Waals surface area contributed by atoms with E-state index >= 15 is 0 Å². The molecule has 2 unspecified atom stereocenters. The van der Waals surface area contributed by atoms with Crippen molar-refractivity contribution in [1.82, 2.24) is 4.90 Å². The van der Waals surface area contributed by atoms with Gasteiger partial charge in [-0.2, -0.15) is 0 Å². The monoisotopic (exact) mass is 219 g/mol. The maximum absolute atomic E-state index is 11.6. The van der Waals surface area contributed by atoms with E-state index < -0.39 is 5.38 Å². The fourth-order valence-corrected chi connectivity index (χ4v) is 2.06. The summed E-state index contributed by atoms with van der Waals surface area (Å²) in [6.45, 7) is 7.27. The van der Waals surface area contributed by atoms with Gasteiger partial charge in [-0.15, -0.1) is 11.6 Å². The molecular weight excluding hydrogens is 202 g/mol. The highest BCUT2D eigenvalue weighted by Crippen LogP contribution is 2.35. The van der Waals surface area contributed by atoms with Crippen molar-refractivity contribution in [3.63, 3.8) is 0 Å². The van der Waals surface area contributed by atoms with Crippen LogP contribution in [0.4, 0.5) is 0 Å². The van der Waals surface area contributed by atoms with E-state index in [0.29, 0.717) is 13.1 Å². The van der Waals surface area contributed by atoms with Gasteiger partial charge < -0.3 is 10.0 Å². The van der Waals surface area contributed by atoms with Crippen molar-refractivity contribution in [2.45, 2.75) is 26.1 Å². The van der Waals surface area contributed by atoms with Crippen LogP contribution in [-0.4, -0.2) is 41.0 Å². The third-order valence-corrected chi connectivity index (χ3v) is 3.20. The lowest BCUT2D eigenvalue weighted by Crippen LogP contribution is -2.34. The van der Waals surface area contributed by atoms with Gasteiger partial charge >= 0.3 is 0 Å². The van der Waals surface area contributed by atoms with Crippen molar-refractivity contribution in [3.8, 4) is 0 Å². The molecular formula is C10H18ClNO2. The Bertz CT molecular complexity index is 228. The lowest BCUT2D eigenvalue weighted by Gasteiger charge is -2.23. The molecule has 1 rings (SSSR count). The van der Waals surface area contributed by atoms with Crippen LogP contribution in [0.3, 0.4) is 0 Å². The first-order valence-electron chi connectivity index (χ1n) is 4.92. The highest BCUT2D eigenvalue weighted by atomic mass is 35.5. The van der Waals surface area contributed by atoms with Gasteiger partial charge in [-0.25, -0.2) is 0 Å². The second-order valence-electron chi connectivity index (χ2n) is 4.70. The van der Waals surface area contributed by atoms with E-state index in [9.17, 15) is 4.79 Å². The molecule has 0 aromatic heterocycles. The molecule has 0 aromatic carbocycles. The summed E-state index contributed by atoms with van der Waals surface area (Å²) in [4.78, 5) is 13.4. The number of carbonyl (C=O) groups excluding carboxylic acids is 1. The highest BCUT2D eigenvalue weighted by molar-refractivity contribution is 6.30. The van der Waals surface area contributed by atoms with E-state index in [-0.39, 0.29) is 23.8 Å². The van der Waals surface area contributed by atoms with Crippen molar-refractivity contribution in [3.05, 3.63) is 0 Å². The number of carbonyl (C=O) groups is 1. The molecule has 4 heteroatoms. The van der Waals surface area contributed by atoms with E-state index in [1.54, 1.807) is 11.8 Å². The van der Waals surface area contributed by atoms with Crippen LogP contribution in [0.1, 0.15) is 20.8 Å². The van der Waals surface area contributed by atoms with Gasteiger partial charge in [-0.3, -0.25) is 4.79 Å². The number of nitrogens with zero attached hydrogens (tertiary/aromatic N) is 1. The predicted molar refractivity (Wildman–Crippen MR) is 56.3 cm³/mol. The molecule has 0 aliphatic carbocycles. The van der Waals surface area contributed by atoms with Crippen LogP contribution >= 0.6 is 11.6 Å². The molecule has 14 heavy (non-hydrogen) atoms. The van der Waals surface area contributed by atoms with Gasteiger partial charge in [-0.1, -0.05) is 13.8 Å². The predicted octanol–water partition coefficient (Wildman–Crippen LogP) is 1.09. The van der Waals surface area contributed by atoms with Crippen LogP contribution in [0.15, 0.2) is 0 Å². The third kappa shape index (κ3) is 2.20. The van der Waals surface area contributed by atoms with Crippen LogP contribution in [0.5, 0.6) is 0 Å². The number of halogens is 1. The number of hydrogen-bond acceptors (Lipinski definition) is 2. The van der Waals surface area contributed by atoms with Crippen molar-refractivity contribution < 1.29 is 9.90 Å². The number of likely N-dealkylation sites (tertiary alicyclic amines) is 1. The van der Waals surface area contributed by atoms with Crippen molar-refractivity contribution in [1.29, 1.82) is 0 Å². The first-order chi connectivity index (χ1) is 6.38. The Hall–Kier alpha value is -0.280. The SMILES string of the molecule is CC(Cl)C(=O)N1CC(CO)C(C)(C)C1. The number of hydrogen-bond donors (Lipinski definition) is 1. The summed E-state index contributed by atoms with van der Waals surface area (Å²) in [6, 6.07) is 0. The number of alkyl halides is 1. The first-order valence-corrected chi connectivity index (χ1v) is 5.36. The Morgan fingerprint density at radius 2 is 2.29 bits per heavy atom. The second kappa shape index (κ2) is 4.07. The molecule has 0 spiro atoms. The minimum Gasteiger partial charge on any atom is -0.396 e. The van der Waals surface area contributed by atoms with Gasteiger partial charge in [0, 0.05) is 25.6 Å². The zero-order valence-corrected chi connectivity index (χ0v) is 9.71. The van der Waals surface area contributed by atoms with Crippen LogP contribution in [-0.2, 0) is 4.79 Å². The Morgan fingerprint density at radius 1 is 1.71 bits per heavy atom. The number of aliphatic hydroxyl groups is 1. The molecule has 1 saturated heterocycles. The summed E-state index contributed by atoms with van der Waals surface area (Å²) in [5, 5.41) is 8.70. The average molecular weight is 220 g/mol. The molecule has 0 aromatic rings. The van der Waals surface area contributed by atoms with E-state index in [4.69, 9.17) is 16.7 Å². The first kappa shape index (κ1) is 11.8. The molecule has 1 aliphatic heterocycles. The maximum Gasteiger partial charge on any atom is 0.240 e. The van der Waals surface area contributed by atoms with Gasteiger partial charge in [0.05, 0.1) is 0 Å². The van der Waals surface area contributed by atoms with Gasteiger partial charge in [0.1, 0.15) is 5.38 Å². The second-order valence-corrected chi connectivity index (χ2v) is 5.36. The third-order valence-electron chi connectivity index (χ3n) is 3.02. The molecule has 2 atom stereocenters. The van der Waals surface area contributed by atoms with Crippen molar-refractivity contribution in [2.24, 2.45) is 11.3 Å². The van der Waals surface area contributed by atoms with Crippen LogP contribution < -0.4 is 0 Å². The van der Waals surface area contributed by atoms with Crippen LogP contribution in [0.2, 0.25) is 0 Å². The van der Waals surface area contributed by atoms with E-state index in [2.05, 4.69) is 13.8 Å². The molecule has 1 fully saturated rings. The van der Waals surface area contributed by atoms with Gasteiger partial charge in [0.25, 0.3) is 0 Å². The Kier molecular flexibility index (Phi) is 3.43. The summed E-state index contributed by atoms with van der Waals surface area (Å²) < 4.78 is 0. The van der Waals surface area contributed by atoms with Crippen LogP contribution in [0.25, 0.3) is 0 Å². The molecule has 0 saturated carbocycles. The lowest BCUT2D eigenvalue weighted by atomic mass is 9.83. The Labute approximate surface area is 90.0 Å². The van der Waals surface area contributed by atoms with Crippen LogP contribution in [0, 0.1) is 11.3 Å². The number of rotatable bonds is 2. The summed E-state index contributed by atoms with van der Waals surface area (Å²) >= 11 is 5.74. The minimum atomic E-state index is -0.469. The number of aliphatic hydroxyl groups excluding tert-OH is 1. The molecule has 1 heterocycles. The van der Waals surface area contributed by atoms with E-state index in [1.165, 1.54) is 0 Å². The molecule has 1 amide bonds. The largest absolute Gasteiger partial charge is 0.396 e. The maximum atomic E-state index is 11.6. The summed E-state index contributed by atoms with van der Waals surface area (Å²) in [5.74, 6) is 0.137. The summed E-state index contributed by atoms with van der Waals surface area (Å²) in [5.41, 5.74) is -0.00378. The van der Waals surface area contributed by atoms with Gasteiger partial charge in [0.15, 0.2) is 0 Å². The van der Waals surface area contributed by atoms with E-state index in [0.717, 1.165) is 0 Å². The standard InChI is InChI=1S/C10H18ClNO2/c1-7(11)9(14)12-4-8(5-13)10(2,3)6-12/h7-8,13H,4-6H2,1-3H3. The topological polar surface area (TPSA) is 40.5 Å². The zero-order valence-electron chi connectivity index (χ0n) is 8.96. The lowest BCUT2D eigenvalue weighted by molar-refractivity contribution is -0.129. The summed E-state index contributed by atoms with van der Waals surface area (Å²) in [7, 11) is 0. The molecule has 1 N–H and O–H groups in total. The normalized spacial score (nSPS) is 27.8. The zero-order chi connectivity index (χ0) is 10.9.